The summed E-state index contributed by atoms with van der Waals surface area (Å²) in [5.41, 5.74) is 3.06. The normalized spacial score (nSPS) is 16.2. The molecule has 2 aliphatic rings. The minimum absolute atomic E-state index is 0. The van der Waals surface area contributed by atoms with Gasteiger partial charge in [0.15, 0.2) is 5.82 Å². The molecule has 210 valence electrons. The van der Waals surface area contributed by atoms with Crippen molar-refractivity contribution in [3.05, 3.63) is 70.1 Å². The van der Waals surface area contributed by atoms with Gasteiger partial charge >= 0.3 is 0 Å². The third-order valence-electron chi connectivity index (χ3n) is 7.24. The second-order valence-corrected chi connectivity index (χ2v) is 12.1. The van der Waals surface area contributed by atoms with Crippen molar-refractivity contribution >= 4 is 56.3 Å². The summed E-state index contributed by atoms with van der Waals surface area (Å²) in [5.74, 6) is -0.0880. The lowest BCUT2D eigenvalue weighted by Crippen LogP contribution is -2.55. The van der Waals surface area contributed by atoms with E-state index in [0.29, 0.717) is 31.2 Å². The molecule has 1 saturated heterocycles. The minimum atomic E-state index is -4.01. The number of aryl methyl sites for hydroxylation is 1. The number of amides is 1. The largest absolute Gasteiger partial charge is 0.368 e. The van der Waals surface area contributed by atoms with E-state index < -0.39 is 10.0 Å². The molecule has 0 unspecified atom stereocenters. The van der Waals surface area contributed by atoms with Crippen LogP contribution in [0.5, 0.6) is 0 Å². The summed E-state index contributed by atoms with van der Waals surface area (Å²) in [6.07, 6.45) is 3.09. The lowest BCUT2D eigenvalue weighted by atomic mass is 10.00. The van der Waals surface area contributed by atoms with Gasteiger partial charge in [-0.25, -0.2) is 13.4 Å². The molecule has 0 spiro atoms. The molecule has 2 aliphatic heterocycles. The van der Waals surface area contributed by atoms with E-state index in [4.69, 9.17) is 23.2 Å². The summed E-state index contributed by atoms with van der Waals surface area (Å²) in [6.45, 7) is 5.17. The average Bonchev–Trinajstić information content (AvgIpc) is 2.96. The molecule has 0 saturated carbocycles. The Kier molecular flexibility index (Phi) is 8.03. The van der Waals surface area contributed by atoms with Crippen molar-refractivity contribution < 1.29 is 14.6 Å². The maximum Gasteiger partial charge on any atom is 0.263 e. The van der Waals surface area contributed by atoms with Gasteiger partial charge in [-0.1, -0.05) is 11.6 Å². The summed E-state index contributed by atoms with van der Waals surface area (Å²) in [6, 6.07) is 13.9. The molecule has 1 aromatic heterocycles. The third kappa shape index (κ3) is 5.80. The van der Waals surface area contributed by atoms with Gasteiger partial charge < -0.3 is 14.7 Å². The van der Waals surface area contributed by atoms with Crippen molar-refractivity contribution in [2.75, 3.05) is 47.2 Å². The van der Waals surface area contributed by atoms with Gasteiger partial charge in [-0.05, 0) is 79.4 Å². The number of sulfonamides is 1. The number of nitrogens with one attached hydrogen (secondary N) is 1. The van der Waals surface area contributed by atoms with Gasteiger partial charge in [0, 0.05) is 50.5 Å². The highest BCUT2D eigenvalue weighted by Crippen LogP contribution is 2.31. The first-order chi connectivity index (χ1) is 19.2. The molecular formula is C27H29Cl2N7O3S. The van der Waals surface area contributed by atoms with Crippen LogP contribution < -0.4 is 14.5 Å². The zero-order chi connectivity index (χ0) is 28.4. The standard InChI is InChI=1S/C27H27Cl2N7O3S.H2/c1-18(36-10-2-3-19-15-21(28)4-9-24(19)36)26(37)35-13-11-34(12-14-35)22-5-7-23(8-6-22)40(38,39)33-25-20(16-30)17-31-27(29)32-25;/h4-9,15,17-18H,2-3,10-14H2,1H3,(H,31,32,33);1H/t18-;/m1./s1. The van der Waals surface area contributed by atoms with E-state index in [1.54, 1.807) is 12.1 Å². The van der Waals surface area contributed by atoms with Gasteiger partial charge in [0.25, 0.3) is 10.0 Å². The third-order valence-corrected chi connectivity index (χ3v) is 9.01. The molecule has 2 aromatic carbocycles. The number of carbonyl (C=O) groups excluding carboxylic acids is 1. The van der Waals surface area contributed by atoms with Gasteiger partial charge in [0.2, 0.25) is 11.2 Å². The van der Waals surface area contributed by atoms with Crippen molar-refractivity contribution in [1.29, 1.82) is 5.26 Å². The number of anilines is 3. The zero-order valence-electron chi connectivity index (χ0n) is 21.7. The summed E-state index contributed by atoms with van der Waals surface area (Å²) >= 11 is 11.9. The number of hydrogen-bond donors (Lipinski definition) is 1. The predicted molar refractivity (Wildman–Crippen MR) is 156 cm³/mol. The van der Waals surface area contributed by atoms with Crippen molar-refractivity contribution in [2.24, 2.45) is 0 Å². The fourth-order valence-corrected chi connectivity index (χ4v) is 6.47. The molecule has 1 atom stereocenters. The first-order valence-corrected chi connectivity index (χ1v) is 15.0. The molecule has 1 amide bonds. The summed E-state index contributed by atoms with van der Waals surface area (Å²) < 4.78 is 28.1. The number of halogens is 2. The molecule has 1 N–H and O–H groups in total. The Morgan fingerprint density at radius 3 is 2.52 bits per heavy atom. The molecule has 3 heterocycles. The number of benzene rings is 2. The van der Waals surface area contributed by atoms with Crippen LogP contribution in [-0.2, 0) is 21.2 Å². The maximum atomic E-state index is 13.4. The molecule has 13 heteroatoms. The smallest absolute Gasteiger partial charge is 0.263 e. The average molecular weight is 603 g/mol. The fourth-order valence-electron chi connectivity index (χ4n) is 5.12. The topological polar surface area (TPSA) is 123 Å². The molecule has 0 bridgehead atoms. The SMILES string of the molecule is C[C@H](C(=O)N1CCN(c2ccc(S(=O)(=O)Nc3nc(Cl)ncc3C#N)cc2)CC1)N1CCCc2cc(Cl)ccc21.[HH]. The van der Waals surface area contributed by atoms with E-state index in [2.05, 4.69) is 24.5 Å². The van der Waals surface area contributed by atoms with Gasteiger partial charge in [0.05, 0.1) is 11.1 Å². The van der Waals surface area contributed by atoms with E-state index >= 15 is 0 Å². The van der Waals surface area contributed by atoms with Crippen molar-refractivity contribution in [1.82, 2.24) is 14.9 Å². The molecule has 10 nitrogen and oxygen atoms in total. The number of aromatic nitrogens is 2. The van der Waals surface area contributed by atoms with Crippen LogP contribution in [0.3, 0.4) is 0 Å². The van der Waals surface area contributed by atoms with Crippen molar-refractivity contribution in [3.63, 3.8) is 0 Å². The fraction of sp³-hybridized carbons (Fsp3) is 0.333. The Bertz CT molecular complexity index is 1580. The lowest BCUT2D eigenvalue weighted by Gasteiger charge is -2.41. The van der Waals surface area contributed by atoms with Gasteiger partial charge in [-0.15, -0.1) is 0 Å². The number of fused-ring (bicyclic) bond motifs is 1. The van der Waals surface area contributed by atoms with Crippen LogP contribution in [0.2, 0.25) is 10.3 Å². The summed E-state index contributed by atoms with van der Waals surface area (Å²) in [5, 5.41) is 9.74. The second-order valence-electron chi connectivity index (χ2n) is 9.67. The Balaban J connectivity index is 0.00000387. The monoisotopic (exact) mass is 601 g/mol. The van der Waals surface area contributed by atoms with E-state index in [1.807, 2.05) is 36.1 Å². The molecule has 0 aliphatic carbocycles. The molecule has 1 fully saturated rings. The number of rotatable bonds is 6. The van der Waals surface area contributed by atoms with E-state index in [1.165, 1.54) is 17.7 Å². The highest BCUT2D eigenvalue weighted by Gasteiger charge is 2.31. The van der Waals surface area contributed by atoms with Crippen LogP contribution in [-0.4, -0.2) is 68.0 Å². The van der Waals surface area contributed by atoms with E-state index in [9.17, 15) is 18.5 Å². The van der Waals surface area contributed by atoms with Gasteiger partial charge in [-0.2, -0.15) is 10.2 Å². The zero-order valence-corrected chi connectivity index (χ0v) is 24.0. The highest BCUT2D eigenvalue weighted by atomic mass is 35.5. The summed E-state index contributed by atoms with van der Waals surface area (Å²) in [4.78, 5) is 27.1. The highest BCUT2D eigenvalue weighted by molar-refractivity contribution is 7.92. The van der Waals surface area contributed by atoms with Crippen molar-refractivity contribution in [2.45, 2.75) is 30.7 Å². The van der Waals surface area contributed by atoms with Crippen LogP contribution in [0.1, 0.15) is 25.9 Å². The second kappa shape index (κ2) is 11.5. The Hall–Kier alpha value is -3.59. The Morgan fingerprint density at radius 2 is 1.82 bits per heavy atom. The molecule has 3 aromatic rings. The number of nitriles is 1. The van der Waals surface area contributed by atoms with E-state index in [0.717, 1.165) is 37.0 Å². The first kappa shape index (κ1) is 28.0. The molecule has 5 rings (SSSR count). The van der Waals surface area contributed by atoms with E-state index in [-0.39, 0.29) is 34.9 Å². The quantitative estimate of drug-likeness (QED) is 0.417. The van der Waals surface area contributed by atoms with Crippen LogP contribution >= 0.6 is 23.2 Å². The van der Waals surface area contributed by atoms with Crippen molar-refractivity contribution in [3.8, 4) is 6.07 Å². The van der Waals surface area contributed by atoms with Gasteiger partial charge in [-0.3, -0.25) is 9.52 Å². The number of piperazine rings is 1. The Morgan fingerprint density at radius 1 is 1.10 bits per heavy atom. The minimum Gasteiger partial charge on any atom is -0.368 e. The lowest BCUT2D eigenvalue weighted by molar-refractivity contribution is -0.132. The number of hydrogen-bond acceptors (Lipinski definition) is 8. The first-order valence-electron chi connectivity index (χ1n) is 12.8. The molecular weight excluding hydrogens is 573 g/mol. The van der Waals surface area contributed by atoms with Crippen LogP contribution in [0.25, 0.3) is 0 Å². The van der Waals surface area contributed by atoms with Gasteiger partial charge in [0.1, 0.15) is 17.7 Å². The summed E-state index contributed by atoms with van der Waals surface area (Å²) in [7, 11) is -4.01. The van der Waals surface area contributed by atoms with Crippen LogP contribution in [0.15, 0.2) is 53.6 Å². The number of nitrogens with zero attached hydrogens (tertiary/aromatic N) is 6. The van der Waals surface area contributed by atoms with Crippen LogP contribution in [0, 0.1) is 11.3 Å². The Labute approximate surface area is 244 Å². The van der Waals surface area contributed by atoms with Crippen LogP contribution in [0.4, 0.5) is 17.2 Å². The molecule has 0 radical (unpaired) electrons. The predicted octanol–water partition coefficient (Wildman–Crippen LogP) is 4.19. The maximum absolute atomic E-state index is 13.4. The molecule has 40 heavy (non-hydrogen) atoms. The number of carbonyl (C=O) groups is 1.